The van der Waals surface area contributed by atoms with E-state index in [1.807, 2.05) is 24.3 Å². The van der Waals surface area contributed by atoms with Crippen molar-refractivity contribution in [1.82, 2.24) is 9.47 Å². The van der Waals surface area contributed by atoms with E-state index in [1.54, 1.807) is 7.11 Å². The van der Waals surface area contributed by atoms with Gasteiger partial charge in [-0.3, -0.25) is 4.90 Å². The fraction of sp³-hybridized carbons (Fsp3) is 0.448. The number of aryl methyl sites for hydroxylation is 1. The molecule has 0 radical (unpaired) electrons. The van der Waals surface area contributed by atoms with Crippen molar-refractivity contribution < 1.29 is 14.6 Å². The molecule has 5 nitrogen and oxygen atoms in total. The van der Waals surface area contributed by atoms with Gasteiger partial charge in [-0.25, -0.2) is 0 Å². The minimum atomic E-state index is -0.552. The van der Waals surface area contributed by atoms with Gasteiger partial charge in [0.15, 0.2) is 0 Å². The second-order valence-electron chi connectivity index (χ2n) is 9.42. The summed E-state index contributed by atoms with van der Waals surface area (Å²) in [6.45, 7) is 4.77. The van der Waals surface area contributed by atoms with Crippen LogP contribution in [0, 0.1) is 6.92 Å². The number of aliphatic hydroxyl groups excluding tert-OH is 1. The van der Waals surface area contributed by atoms with Gasteiger partial charge in [0, 0.05) is 37.6 Å². The van der Waals surface area contributed by atoms with Gasteiger partial charge < -0.3 is 19.1 Å². The molecule has 34 heavy (non-hydrogen) atoms. The molecule has 5 heteroatoms. The highest BCUT2D eigenvalue weighted by Crippen LogP contribution is 2.25. The van der Waals surface area contributed by atoms with Gasteiger partial charge in [0.1, 0.15) is 24.2 Å². The molecule has 1 atom stereocenters. The van der Waals surface area contributed by atoms with Gasteiger partial charge >= 0.3 is 0 Å². The topological polar surface area (TPSA) is 46.9 Å². The molecule has 1 aliphatic rings. The van der Waals surface area contributed by atoms with Crippen LogP contribution < -0.4 is 9.47 Å². The first kappa shape index (κ1) is 24.4. The molecule has 0 aliphatic heterocycles. The van der Waals surface area contributed by atoms with Crippen molar-refractivity contribution in [3.8, 4) is 11.5 Å². The monoisotopic (exact) mass is 462 g/mol. The number of ether oxygens (including phenoxy) is 2. The van der Waals surface area contributed by atoms with Crippen molar-refractivity contribution in [2.24, 2.45) is 0 Å². The maximum Gasteiger partial charge on any atom is 0.119 e. The quantitative estimate of drug-likeness (QED) is 0.413. The zero-order chi connectivity index (χ0) is 23.8. The second kappa shape index (κ2) is 12.1. The Morgan fingerprint density at radius 3 is 2.44 bits per heavy atom. The van der Waals surface area contributed by atoms with Crippen LogP contribution in [-0.4, -0.2) is 47.0 Å². The summed E-state index contributed by atoms with van der Waals surface area (Å²) in [4.78, 5) is 2.48. The molecule has 0 saturated heterocycles. The summed E-state index contributed by atoms with van der Waals surface area (Å²) in [7, 11) is 1.65. The minimum Gasteiger partial charge on any atom is -0.497 e. The molecule has 1 N–H and O–H groups in total. The maximum absolute atomic E-state index is 10.9. The Bertz CT molecular complexity index is 1010. The Labute approximate surface area is 203 Å². The fourth-order valence-electron chi connectivity index (χ4n) is 4.90. The Hall–Kier alpha value is -2.76. The summed E-state index contributed by atoms with van der Waals surface area (Å²) in [5.74, 6) is 1.54. The Morgan fingerprint density at radius 1 is 0.971 bits per heavy atom. The summed E-state index contributed by atoms with van der Waals surface area (Å²) in [5, 5.41) is 10.9. The van der Waals surface area contributed by atoms with Gasteiger partial charge in [0.25, 0.3) is 0 Å². The number of hydrogen-bond donors (Lipinski definition) is 1. The third-order valence-electron chi connectivity index (χ3n) is 6.93. The van der Waals surface area contributed by atoms with Crippen molar-refractivity contribution in [3.05, 3.63) is 83.7 Å². The van der Waals surface area contributed by atoms with Crippen LogP contribution in [0.4, 0.5) is 0 Å². The number of hydrogen-bond acceptors (Lipinski definition) is 4. The van der Waals surface area contributed by atoms with Crippen LogP contribution in [0.5, 0.6) is 11.5 Å². The lowest BCUT2D eigenvalue weighted by Crippen LogP contribution is -2.43. The summed E-state index contributed by atoms with van der Waals surface area (Å²) in [6.07, 6.45) is 7.87. The summed E-state index contributed by atoms with van der Waals surface area (Å²) in [5.41, 5.74) is 3.95. The predicted octanol–water partition coefficient (Wildman–Crippen LogP) is 5.43. The highest BCUT2D eigenvalue weighted by molar-refractivity contribution is 5.31. The standard InChI is InChI=1S/C29H38N2O3/c1-23-9-6-7-10-24(23)19-30-18-8-13-26(30)20-31(25-11-4-3-5-12-25)21-27(32)22-34-29-16-14-28(33-2)15-17-29/h6-10,13-18,25,27,32H,3-5,11-12,19-22H2,1-2H3. The highest BCUT2D eigenvalue weighted by Gasteiger charge is 2.24. The number of aliphatic hydroxyl groups is 1. The Morgan fingerprint density at radius 2 is 1.71 bits per heavy atom. The van der Waals surface area contributed by atoms with Crippen molar-refractivity contribution >= 4 is 0 Å². The number of nitrogens with zero attached hydrogens (tertiary/aromatic N) is 2. The Balaban J connectivity index is 1.41. The molecule has 1 aromatic heterocycles. The number of rotatable bonds is 11. The molecular formula is C29H38N2O3. The van der Waals surface area contributed by atoms with E-state index in [1.165, 1.54) is 48.9 Å². The lowest BCUT2D eigenvalue weighted by Gasteiger charge is -2.35. The van der Waals surface area contributed by atoms with Gasteiger partial charge in [-0.05, 0) is 67.3 Å². The zero-order valence-corrected chi connectivity index (χ0v) is 20.5. The molecule has 3 aromatic rings. The molecule has 1 fully saturated rings. The fourth-order valence-corrected chi connectivity index (χ4v) is 4.90. The third kappa shape index (κ3) is 6.64. The van der Waals surface area contributed by atoms with Crippen molar-refractivity contribution in [3.63, 3.8) is 0 Å². The average Bonchev–Trinajstić information content (AvgIpc) is 3.31. The number of benzene rings is 2. The van der Waals surface area contributed by atoms with Crippen LogP contribution in [0.1, 0.15) is 48.9 Å². The van der Waals surface area contributed by atoms with Crippen LogP contribution >= 0.6 is 0 Å². The first-order valence-corrected chi connectivity index (χ1v) is 12.5. The van der Waals surface area contributed by atoms with Gasteiger partial charge in [0.2, 0.25) is 0 Å². The van der Waals surface area contributed by atoms with E-state index in [4.69, 9.17) is 9.47 Å². The van der Waals surface area contributed by atoms with Gasteiger partial charge in [-0.15, -0.1) is 0 Å². The summed E-state index contributed by atoms with van der Waals surface area (Å²) >= 11 is 0. The van der Waals surface area contributed by atoms with Crippen molar-refractivity contribution in [1.29, 1.82) is 0 Å². The minimum absolute atomic E-state index is 0.278. The normalized spacial score (nSPS) is 15.4. The van der Waals surface area contributed by atoms with Crippen molar-refractivity contribution in [2.45, 2.75) is 64.3 Å². The van der Waals surface area contributed by atoms with Crippen LogP contribution in [0.3, 0.4) is 0 Å². The number of aromatic nitrogens is 1. The molecule has 4 rings (SSSR count). The molecule has 1 aliphatic carbocycles. The molecule has 1 heterocycles. The molecule has 1 saturated carbocycles. The molecule has 0 amide bonds. The molecule has 0 bridgehead atoms. The van der Waals surface area contributed by atoms with Gasteiger partial charge in [-0.1, -0.05) is 43.5 Å². The maximum atomic E-state index is 10.9. The third-order valence-corrected chi connectivity index (χ3v) is 6.93. The molecule has 2 aromatic carbocycles. The van der Waals surface area contributed by atoms with E-state index >= 15 is 0 Å². The van der Waals surface area contributed by atoms with Crippen LogP contribution in [0.2, 0.25) is 0 Å². The van der Waals surface area contributed by atoms with E-state index in [0.717, 1.165) is 24.6 Å². The van der Waals surface area contributed by atoms with Crippen molar-refractivity contribution in [2.75, 3.05) is 20.3 Å². The first-order valence-electron chi connectivity index (χ1n) is 12.5. The lowest BCUT2D eigenvalue weighted by molar-refractivity contribution is 0.0388. The van der Waals surface area contributed by atoms with E-state index < -0.39 is 6.10 Å². The van der Waals surface area contributed by atoms with E-state index in [-0.39, 0.29) is 6.61 Å². The molecule has 0 spiro atoms. The van der Waals surface area contributed by atoms with E-state index in [0.29, 0.717) is 12.6 Å². The predicted molar refractivity (Wildman–Crippen MR) is 136 cm³/mol. The summed E-state index contributed by atoms with van der Waals surface area (Å²) in [6, 6.07) is 20.9. The van der Waals surface area contributed by atoms with E-state index in [9.17, 15) is 5.11 Å². The second-order valence-corrected chi connectivity index (χ2v) is 9.42. The first-order chi connectivity index (χ1) is 16.6. The highest BCUT2D eigenvalue weighted by atomic mass is 16.5. The van der Waals surface area contributed by atoms with Gasteiger partial charge in [-0.2, -0.15) is 0 Å². The largest absolute Gasteiger partial charge is 0.497 e. The SMILES string of the molecule is COc1ccc(OCC(O)CN(Cc2cccn2Cc2ccccc2C)C2CCCCC2)cc1. The average molecular weight is 463 g/mol. The molecule has 182 valence electrons. The molecular weight excluding hydrogens is 424 g/mol. The van der Waals surface area contributed by atoms with Gasteiger partial charge in [0.05, 0.1) is 7.11 Å². The smallest absolute Gasteiger partial charge is 0.119 e. The summed E-state index contributed by atoms with van der Waals surface area (Å²) < 4.78 is 13.4. The molecule has 1 unspecified atom stereocenters. The Kier molecular flexibility index (Phi) is 8.67. The lowest BCUT2D eigenvalue weighted by atomic mass is 9.94. The number of methoxy groups -OCH3 is 1. The van der Waals surface area contributed by atoms with Crippen LogP contribution in [-0.2, 0) is 13.1 Å². The van der Waals surface area contributed by atoms with E-state index in [2.05, 4.69) is 59.0 Å². The zero-order valence-electron chi connectivity index (χ0n) is 20.5. The van der Waals surface area contributed by atoms with Crippen LogP contribution in [0.25, 0.3) is 0 Å². The van der Waals surface area contributed by atoms with Crippen LogP contribution in [0.15, 0.2) is 66.9 Å².